The van der Waals surface area contributed by atoms with Crippen LogP contribution < -0.4 is 19.6 Å². The van der Waals surface area contributed by atoms with Gasteiger partial charge in [-0.2, -0.15) is 0 Å². The van der Waals surface area contributed by atoms with Crippen molar-refractivity contribution < 1.29 is 28.8 Å². The fraction of sp³-hybridized carbons (Fsp3) is 0.156. The van der Waals surface area contributed by atoms with Gasteiger partial charge in [0.05, 0.1) is 6.61 Å². The van der Waals surface area contributed by atoms with Crippen molar-refractivity contribution in [1.82, 2.24) is 0 Å². The van der Waals surface area contributed by atoms with Crippen LogP contribution in [0.2, 0.25) is 0 Å². The highest BCUT2D eigenvalue weighted by molar-refractivity contribution is 5.88. The van der Waals surface area contributed by atoms with Crippen molar-refractivity contribution in [3.63, 3.8) is 0 Å². The molecule has 0 bridgehead atoms. The summed E-state index contributed by atoms with van der Waals surface area (Å²) in [7, 11) is 0. The third-order valence-corrected chi connectivity index (χ3v) is 6.50. The molecule has 2 heterocycles. The van der Waals surface area contributed by atoms with Gasteiger partial charge < -0.3 is 28.8 Å². The monoisotopic (exact) mass is 522 g/mol. The minimum atomic E-state index is -1.21. The Hall–Kier alpha value is -4.91. The van der Waals surface area contributed by atoms with Crippen molar-refractivity contribution in [2.24, 2.45) is 5.92 Å². The lowest BCUT2D eigenvalue weighted by atomic mass is 9.97. The summed E-state index contributed by atoms with van der Waals surface area (Å²) in [6.45, 7) is 4.19. The van der Waals surface area contributed by atoms with Crippen molar-refractivity contribution >= 4 is 11.0 Å². The van der Waals surface area contributed by atoms with Crippen molar-refractivity contribution in [2.45, 2.75) is 19.6 Å². The third kappa shape index (κ3) is 4.22. The largest absolute Gasteiger partial charge is 0.508 e. The number of benzene rings is 4. The Kier molecular flexibility index (Phi) is 5.91. The van der Waals surface area contributed by atoms with E-state index in [1.54, 1.807) is 18.2 Å². The molecular formula is C32H26O7. The molecule has 0 aliphatic carbocycles. The van der Waals surface area contributed by atoms with Crippen LogP contribution in [0.4, 0.5) is 0 Å². The lowest BCUT2D eigenvalue weighted by Crippen LogP contribution is -2.36. The standard InChI is InChI=1S/C32H26O7/c1-19(2)18-36-31-29(35)28-24(34)16-23(33)17-27(28)37-30(31)20-13-14-25-26(15-20)39-32(38-25,21-9-5-3-6-10-21)22-11-7-4-8-12-22/h3-17,19,33-34H,18H2,1-2H3. The van der Waals surface area contributed by atoms with Gasteiger partial charge in [-0.1, -0.05) is 74.5 Å². The van der Waals surface area contributed by atoms with Gasteiger partial charge in [0.15, 0.2) is 17.3 Å². The van der Waals surface area contributed by atoms with E-state index in [4.69, 9.17) is 18.6 Å². The zero-order valence-electron chi connectivity index (χ0n) is 21.4. The lowest BCUT2D eigenvalue weighted by Gasteiger charge is -2.28. The third-order valence-electron chi connectivity index (χ3n) is 6.50. The zero-order chi connectivity index (χ0) is 27.1. The molecule has 7 heteroatoms. The molecule has 196 valence electrons. The van der Waals surface area contributed by atoms with Gasteiger partial charge in [0.2, 0.25) is 11.2 Å². The molecule has 0 fully saturated rings. The number of phenols is 2. The van der Waals surface area contributed by atoms with Crippen LogP contribution in [0.25, 0.3) is 22.3 Å². The van der Waals surface area contributed by atoms with Gasteiger partial charge in [0, 0.05) is 28.8 Å². The highest BCUT2D eigenvalue weighted by Crippen LogP contribution is 2.49. The SMILES string of the molecule is CC(C)COc1c(-c2ccc3c(c2)OC(c2ccccc2)(c2ccccc2)O3)oc2cc(O)cc(O)c2c1=O. The molecule has 6 rings (SSSR count). The summed E-state index contributed by atoms with van der Waals surface area (Å²) >= 11 is 0. The van der Waals surface area contributed by atoms with E-state index >= 15 is 0 Å². The van der Waals surface area contributed by atoms with E-state index in [-0.39, 0.29) is 46.5 Å². The first kappa shape index (κ1) is 24.4. The summed E-state index contributed by atoms with van der Waals surface area (Å²) in [4.78, 5) is 13.5. The Balaban J connectivity index is 1.50. The van der Waals surface area contributed by atoms with E-state index in [0.29, 0.717) is 17.1 Å². The van der Waals surface area contributed by atoms with Crippen LogP contribution in [0.1, 0.15) is 25.0 Å². The van der Waals surface area contributed by atoms with Crippen LogP contribution >= 0.6 is 0 Å². The van der Waals surface area contributed by atoms with E-state index in [9.17, 15) is 15.0 Å². The van der Waals surface area contributed by atoms with Crippen molar-refractivity contribution in [3.05, 3.63) is 112 Å². The quantitative estimate of drug-likeness (QED) is 0.260. The van der Waals surface area contributed by atoms with Crippen LogP contribution in [-0.2, 0) is 5.79 Å². The summed E-state index contributed by atoms with van der Waals surface area (Å²) in [5.41, 5.74) is 1.64. The molecule has 0 spiro atoms. The summed E-state index contributed by atoms with van der Waals surface area (Å²) in [6, 6.07) is 27.0. The number of ether oxygens (including phenoxy) is 3. The summed E-state index contributed by atoms with van der Waals surface area (Å²) in [6.07, 6.45) is 0. The summed E-state index contributed by atoms with van der Waals surface area (Å²) < 4.78 is 25.1. The Morgan fingerprint density at radius 1 is 0.821 bits per heavy atom. The van der Waals surface area contributed by atoms with Gasteiger partial charge in [0.1, 0.15) is 22.5 Å². The maximum atomic E-state index is 13.5. The topological polar surface area (TPSA) is 98.4 Å². The van der Waals surface area contributed by atoms with E-state index in [1.165, 1.54) is 6.07 Å². The second kappa shape index (κ2) is 9.44. The van der Waals surface area contributed by atoms with Crippen molar-refractivity contribution in [2.75, 3.05) is 6.61 Å². The van der Waals surface area contributed by atoms with E-state index in [1.807, 2.05) is 74.5 Å². The average molecular weight is 523 g/mol. The normalized spacial score (nSPS) is 13.6. The van der Waals surface area contributed by atoms with Crippen molar-refractivity contribution in [1.29, 1.82) is 0 Å². The molecular weight excluding hydrogens is 496 g/mol. The summed E-state index contributed by atoms with van der Waals surface area (Å²) in [5.74, 6) is -0.592. The Morgan fingerprint density at radius 2 is 1.46 bits per heavy atom. The summed E-state index contributed by atoms with van der Waals surface area (Å²) in [5, 5.41) is 20.3. The molecule has 1 aliphatic rings. The molecule has 0 saturated heterocycles. The maximum absolute atomic E-state index is 13.5. The van der Waals surface area contributed by atoms with Crippen LogP contribution in [0.5, 0.6) is 28.7 Å². The van der Waals surface area contributed by atoms with Crippen LogP contribution in [-0.4, -0.2) is 16.8 Å². The first-order chi connectivity index (χ1) is 18.9. The highest BCUT2D eigenvalue weighted by atomic mass is 16.7. The molecule has 0 radical (unpaired) electrons. The number of hydrogen-bond acceptors (Lipinski definition) is 7. The van der Waals surface area contributed by atoms with Crippen LogP contribution in [0, 0.1) is 5.92 Å². The van der Waals surface area contributed by atoms with Crippen LogP contribution in [0.15, 0.2) is 100 Å². The molecule has 4 aromatic carbocycles. The van der Waals surface area contributed by atoms with Gasteiger partial charge >= 0.3 is 5.79 Å². The van der Waals surface area contributed by atoms with Gasteiger partial charge in [-0.25, -0.2) is 0 Å². The molecule has 0 atom stereocenters. The number of phenolic OH excluding ortho intramolecular Hbond substituents is 2. The second-order valence-corrected chi connectivity index (χ2v) is 9.85. The first-order valence-corrected chi connectivity index (χ1v) is 12.6. The van der Waals surface area contributed by atoms with E-state index in [0.717, 1.165) is 17.2 Å². The molecule has 1 aromatic heterocycles. The fourth-order valence-corrected chi connectivity index (χ4v) is 4.70. The van der Waals surface area contributed by atoms with Crippen LogP contribution in [0.3, 0.4) is 0 Å². The fourth-order valence-electron chi connectivity index (χ4n) is 4.70. The molecule has 0 saturated carbocycles. The number of hydrogen-bond donors (Lipinski definition) is 2. The molecule has 0 amide bonds. The zero-order valence-corrected chi connectivity index (χ0v) is 21.4. The molecule has 2 N–H and O–H groups in total. The van der Waals surface area contributed by atoms with E-state index in [2.05, 4.69) is 0 Å². The molecule has 5 aromatic rings. The smallest absolute Gasteiger partial charge is 0.305 e. The van der Waals surface area contributed by atoms with Gasteiger partial charge in [-0.3, -0.25) is 4.79 Å². The highest BCUT2D eigenvalue weighted by Gasteiger charge is 2.45. The average Bonchev–Trinajstić information content (AvgIpc) is 3.33. The Labute approximate surface area is 224 Å². The predicted octanol–water partition coefficient (Wildman–Crippen LogP) is 6.58. The Morgan fingerprint density at radius 3 is 2.10 bits per heavy atom. The molecule has 0 unspecified atom stereocenters. The molecule has 1 aliphatic heterocycles. The predicted molar refractivity (Wildman–Crippen MR) is 147 cm³/mol. The number of rotatable bonds is 6. The van der Waals surface area contributed by atoms with Gasteiger partial charge in [-0.05, 0) is 24.1 Å². The second-order valence-electron chi connectivity index (χ2n) is 9.85. The Bertz CT molecular complexity index is 1680. The van der Waals surface area contributed by atoms with Gasteiger partial charge in [-0.15, -0.1) is 0 Å². The first-order valence-electron chi connectivity index (χ1n) is 12.6. The van der Waals surface area contributed by atoms with Gasteiger partial charge in [0.25, 0.3) is 0 Å². The number of aromatic hydroxyl groups is 2. The number of fused-ring (bicyclic) bond motifs is 2. The lowest BCUT2D eigenvalue weighted by molar-refractivity contribution is -0.0459. The molecule has 7 nitrogen and oxygen atoms in total. The van der Waals surface area contributed by atoms with Crippen molar-refractivity contribution in [3.8, 4) is 40.1 Å². The minimum absolute atomic E-state index is 0.0324. The molecule has 39 heavy (non-hydrogen) atoms. The minimum Gasteiger partial charge on any atom is -0.508 e. The maximum Gasteiger partial charge on any atom is 0.305 e. The van der Waals surface area contributed by atoms with E-state index < -0.39 is 11.2 Å².